The maximum atomic E-state index is 10.1. The van der Waals surface area contributed by atoms with Crippen LogP contribution in [-0.4, -0.2) is 29.5 Å². The zero-order chi connectivity index (χ0) is 8.97. The molecule has 0 spiro atoms. The van der Waals surface area contributed by atoms with E-state index in [0.717, 1.165) is 12.7 Å². The van der Waals surface area contributed by atoms with Gasteiger partial charge in [0, 0.05) is 13.1 Å². The van der Waals surface area contributed by atoms with E-state index in [1.54, 1.807) is 4.90 Å². The molecule has 12 heavy (non-hydrogen) atoms. The standard InChI is InChI=1S/C7H9N3O2/c1-2-4-9-5-3-8-7(9)6-10(11)12/h1,6,8H,3-5H2/b7-6-. The fourth-order valence-electron chi connectivity index (χ4n) is 1.05. The van der Waals surface area contributed by atoms with Crippen LogP contribution in [0, 0.1) is 22.5 Å². The van der Waals surface area contributed by atoms with Gasteiger partial charge in [-0.1, -0.05) is 5.92 Å². The number of hydrogen-bond acceptors (Lipinski definition) is 4. The van der Waals surface area contributed by atoms with E-state index < -0.39 is 4.92 Å². The first kappa shape index (κ1) is 8.40. The summed E-state index contributed by atoms with van der Waals surface area (Å²) in [5.74, 6) is 2.93. The molecular weight excluding hydrogens is 158 g/mol. The first-order chi connectivity index (χ1) is 5.74. The molecule has 1 saturated heterocycles. The average molecular weight is 167 g/mol. The minimum Gasteiger partial charge on any atom is -0.365 e. The fraction of sp³-hybridized carbons (Fsp3) is 0.429. The minimum atomic E-state index is -0.489. The van der Waals surface area contributed by atoms with E-state index >= 15 is 0 Å². The average Bonchev–Trinajstić information content (AvgIpc) is 2.37. The highest BCUT2D eigenvalue weighted by atomic mass is 16.6. The van der Waals surface area contributed by atoms with Crippen molar-refractivity contribution in [3.8, 4) is 12.3 Å². The second-order valence-electron chi connectivity index (χ2n) is 2.35. The molecule has 0 atom stereocenters. The molecular formula is C7H9N3O2. The fourth-order valence-corrected chi connectivity index (χ4v) is 1.05. The van der Waals surface area contributed by atoms with Crippen LogP contribution >= 0.6 is 0 Å². The van der Waals surface area contributed by atoms with Crippen molar-refractivity contribution in [2.24, 2.45) is 0 Å². The van der Waals surface area contributed by atoms with Gasteiger partial charge in [0.05, 0.1) is 11.5 Å². The maximum absolute atomic E-state index is 10.1. The predicted octanol–water partition coefficient (Wildman–Crippen LogP) is -0.400. The molecule has 1 heterocycles. The normalized spacial score (nSPS) is 18.9. The zero-order valence-electron chi connectivity index (χ0n) is 6.49. The van der Waals surface area contributed by atoms with Crippen molar-refractivity contribution in [1.82, 2.24) is 10.2 Å². The smallest absolute Gasteiger partial charge is 0.274 e. The third-order valence-electron chi connectivity index (χ3n) is 1.54. The zero-order valence-corrected chi connectivity index (χ0v) is 6.49. The van der Waals surface area contributed by atoms with E-state index in [1.165, 1.54) is 0 Å². The van der Waals surface area contributed by atoms with Gasteiger partial charge < -0.3 is 10.2 Å². The van der Waals surface area contributed by atoms with Crippen molar-refractivity contribution in [2.45, 2.75) is 0 Å². The Morgan fingerprint density at radius 1 is 1.92 bits per heavy atom. The van der Waals surface area contributed by atoms with E-state index in [0.29, 0.717) is 18.9 Å². The summed E-state index contributed by atoms with van der Waals surface area (Å²) < 4.78 is 0. The lowest BCUT2D eigenvalue weighted by Gasteiger charge is -2.12. The van der Waals surface area contributed by atoms with Crippen LogP contribution in [0.15, 0.2) is 12.0 Å². The molecule has 1 aliphatic heterocycles. The SMILES string of the molecule is C#CCN1CCN/C1=C/[N+](=O)[O-]. The Bertz CT molecular complexity index is 254. The van der Waals surface area contributed by atoms with Crippen LogP contribution in [0.25, 0.3) is 0 Å². The Hall–Kier alpha value is -1.70. The van der Waals surface area contributed by atoms with Gasteiger partial charge in [0.25, 0.3) is 6.20 Å². The summed E-state index contributed by atoms with van der Waals surface area (Å²) in [6, 6.07) is 0. The molecule has 0 aromatic rings. The summed E-state index contributed by atoms with van der Waals surface area (Å²) in [5.41, 5.74) is 0. The summed E-state index contributed by atoms with van der Waals surface area (Å²) in [7, 11) is 0. The van der Waals surface area contributed by atoms with Crippen LogP contribution in [0.2, 0.25) is 0 Å². The molecule has 5 nitrogen and oxygen atoms in total. The summed E-state index contributed by atoms with van der Waals surface area (Å²) in [4.78, 5) is 11.4. The topological polar surface area (TPSA) is 58.4 Å². The van der Waals surface area contributed by atoms with Crippen molar-refractivity contribution < 1.29 is 4.92 Å². The number of nitrogens with zero attached hydrogens (tertiary/aromatic N) is 2. The number of hydrogen-bond donors (Lipinski definition) is 1. The highest BCUT2D eigenvalue weighted by Gasteiger charge is 2.17. The van der Waals surface area contributed by atoms with Gasteiger partial charge in [-0.15, -0.1) is 6.42 Å². The van der Waals surface area contributed by atoms with Crippen LogP contribution in [-0.2, 0) is 0 Å². The quantitative estimate of drug-likeness (QED) is 0.345. The maximum Gasteiger partial charge on any atom is 0.274 e. The van der Waals surface area contributed by atoms with Crippen LogP contribution in [0.1, 0.15) is 0 Å². The van der Waals surface area contributed by atoms with Crippen molar-refractivity contribution >= 4 is 0 Å². The Kier molecular flexibility index (Phi) is 2.53. The lowest BCUT2D eigenvalue weighted by atomic mass is 10.5. The molecule has 1 rings (SSSR count). The largest absolute Gasteiger partial charge is 0.365 e. The summed E-state index contributed by atoms with van der Waals surface area (Å²) in [5, 5.41) is 13.0. The van der Waals surface area contributed by atoms with Gasteiger partial charge in [-0.3, -0.25) is 10.1 Å². The van der Waals surface area contributed by atoms with Crippen molar-refractivity contribution in [2.75, 3.05) is 19.6 Å². The van der Waals surface area contributed by atoms with Crippen LogP contribution in [0.4, 0.5) is 0 Å². The molecule has 0 saturated carbocycles. The van der Waals surface area contributed by atoms with Gasteiger partial charge in [0.15, 0.2) is 5.82 Å². The third-order valence-corrected chi connectivity index (χ3v) is 1.54. The van der Waals surface area contributed by atoms with Gasteiger partial charge in [0.1, 0.15) is 0 Å². The molecule has 1 fully saturated rings. The van der Waals surface area contributed by atoms with Crippen LogP contribution < -0.4 is 5.32 Å². The third kappa shape index (κ3) is 1.89. The molecule has 0 aliphatic carbocycles. The molecule has 64 valence electrons. The van der Waals surface area contributed by atoms with Crippen molar-refractivity contribution in [1.29, 1.82) is 0 Å². The number of rotatable bonds is 2. The molecule has 0 unspecified atom stereocenters. The van der Waals surface area contributed by atoms with E-state index in [9.17, 15) is 10.1 Å². The number of terminal acetylenes is 1. The second-order valence-corrected chi connectivity index (χ2v) is 2.35. The Morgan fingerprint density at radius 2 is 2.67 bits per heavy atom. The molecule has 1 aliphatic rings. The highest BCUT2D eigenvalue weighted by molar-refractivity contribution is 5.04. The van der Waals surface area contributed by atoms with Gasteiger partial charge in [-0.25, -0.2) is 0 Å². The highest BCUT2D eigenvalue weighted by Crippen LogP contribution is 2.05. The minimum absolute atomic E-state index is 0.409. The van der Waals surface area contributed by atoms with E-state index in [2.05, 4.69) is 11.2 Å². The molecule has 0 amide bonds. The lowest BCUT2D eigenvalue weighted by molar-refractivity contribution is -0.404. The van der Waals surface area contributed by atoms with Crippen LogP contribution in [0.3, 0.4) is 0 Å². The Balaban J connectivity index is 2.64. The van der Waals surface area contributed by atoms with Gasteiger partial charge in [-0.05, 0) is 0 Å². The second kappa shape index (κ2) is 3.62. The first-order valence-electron chi connectivity index (χ1n) is 3.51. The van der Waals surface area contributed by atoms with E-state index in [-0.39, 0.29) is 0 Å². The summed E-state index contributed by atoms with van der Waals surface area (Å²) >= 11 is 0. The van der Waals surface area contributed by atoms with Crippen LogP contribution in [0.5, 0.6) is 0 Å². The molecule has 0 bridgehead atoms. The van der Waals surface area contributed by atoms with E-state index in [4.69, 9.17) is 6.42 Å². The summed E-state index contributed by atoms with van der Waals surface area (Å²) in [6.07, 6.45) is 6.02. The monoisotopic (exact) mass is 167 g/mol. The van der Waals surface area contributed by atoms with Crippen molar-refractivity contribution in [3.63, 3.8) is 0 Å². The van der Waals surface area contributed by atoms with Gasteiger partial charge in [0.2, 0.25) is 0 Å². The molecule has 0 aromatic heterocycles. The predicted molar refractivity (Wildman–Crippen MR) is 43.5 cm³/mol. The van der Waals surface area contributed by atoms with Crippen molar-refractivity contribution in [3.05, 3.63) is 22.1 Å². The lowest BCUT2D eigenvalue weighted by Crippen LogP contribution is -2.21. The molecule has 5 heteroatoms. The Morgan fingerprint density at radius 3 is 3.25 bits per heavy atom. The first-order valence-corrected chi connectivity index (χ1v) is 3.51. The number of nitro groups is 1. The molecule has 0 radical (unpaired) electrons. The molecule has 0 aromatic carbocycles. The summed E-state index contributed by atoms with van der Waals surface area (Å²) in [6.45, 7) is 1.85. The van der Waals surface area contributed by atoms with Gasteiger partial charge in [-0.2, -0.15) is 0 Å². The number of nitrogens with one attached hydrogen (secondary N) is 1. The Labute approximate surface area is 70.2 Å². The van der Waals surface area contributed by atoms with Gasteiger partial charge >= 0.3 is 0 Å². The molecule has 1 N–H and O–H groups in total. The van der Waals surface area contributed by atoms with E-state index in [1.807, 2.05) is 0 Å².